The van der Waals surface area contributed by atoms with Crippen molar-refractivity contribution in [1.29, 1.82) is 0 Å². The molecule has 0 spiro atoms. The van der Waals surface area contributed by atoms with Gasteiger partial charge in [0.1, 0.15) is 5.75 Å². The fraction of sp³-hybridized carbons (Fsp3) is 0.207. The molecule has 0 fully saturated rings. The Morgan fingerprint density at radius 2 is 1.75 bits per heavy atom. The van der Waals surface area contributed by atoms with Crippen LogP contribution < -0.4 is 9.64 Å². The number of rotatable bonds is 5. The lowest BCUT2D eigenvalue weighted by molar-refractivity contribution is -0.119. The first-order valence-electron chi connectivity index (χ1n) is 11.2. The van der Waals surface area contributed by atoms with Crippen molar-refractivity contribution >= 4 is 22.4 Å². The number of fused-ring (bicyclic) bond motifs is 3. The summed E-state index contributed by atoms with van der Waals surface area (Å²) in [7, 11) is 0. The number of aryl methyl sites for hydroxylation is 1. The Morgan fingerprint density at radius 1 is 0.938 bits per heavy atom. The fourth-order valence-electron chi connectivity index (χ4n) is 4.82. The molecule has 1 atom stereocenters. The van der Waals surface area contributed by atoms with Gasteiger partial charge < -0.3 is 9.64 Å². The third kappa shape index (κ3) is 3.75. The summed E-state index contributed by atoms with van der Waals surface area (Å²) in [5.74, 6) is 1.04. The second-order valence-corrected chi connectivity index (χ2v) is 8.45. The third-order valence-corrected chi connectivity index (χ3v) is 6.28. The quantitative estimate of drug-likeness (QED) is 0.363. The van der Waals surface area contributed by atoms with Gasteiger partial charge in [-0.3, -0.25) is 4.79 Å². The summed E-state index contributed by atoms with van der Waals surface area (Å²) in [6.45, 7) is 5.30. The van der Waals surface area contributed by atoms with Crippen LogP contribution in [0.3, 0.4) is 0 Å². The normalized spacial score (nSPS) is 15.6. The van der Waals surface area contributed by atoms with Gasteiger partial charge in [-0.2, -0.15) is 0 Å². The zero-order chi connectivity index (χ0) is 22.1. The molecule has 4 aromatic carbocycles. The number of amides is 1. The van der Waals surface area contributed by atoms with Crippen molar-refractivity contribution in [1.82, 2.24) is 0 Å². The maximum atomic E-state index is 13.4. The molecule has 5 rings (SSSR count). The fourth-order valence-corrected chi connectivity index (χ4v) is 4.82. The summed E-state index contributed by atoms with van der Waals surface area (Å²) < 4.78 is 5.63. The first kappa shape index (κ1) is 20.3. The van der Waals surface area contributed by atoms with E-state index < -0.39 is 0 Å². The predicted molar refractivity (Wildman–Crippen MR) is 130 cm³/mol. The van der Waals surface area contributed by atoms with Crippen LogP contribution in [0.15, 0.2) is 84.9 Å². The van der Waals surface area contributed by atoms with Crippen LogP contribution in [0.25, 0.3) is 10.8 Å². The largest absolute Gasteiger partial charge is 0.494 e. The van der Waals surface area contributed by atoms with E-state index in [0.29, 0.717) is 19.6 Å². The summed E-state index contributed by atoms with van der Waals surface area (Å²) in [5, 5.41) is 2.41. The van der Waals surface area contributed by atoms with Crippen molar-refractivity contribution in [3.63, 3.8) is 0 Å². The van der Waals surface area contributed by atoms with E-state index in [9.17, 15) is 4.79 Å². The maximum Gasteiger partial charge on any atom is 0.228 e. The highest BCUT2D eigenvalue weighted by molar-refractivity contribution is 6.03. The van der Waals surface area contributed by atoms with Gasteiger partial charge in [0, 0.05) is 18.0 Å². The van der Waals surface area contributed by atoms with Gasteiger partial charge in [0.15, 0.2) is 0 Å². The molecule has 0 aliphatic carbocycles. The second kappa shape index (κ2) is 8.51. The molecule has 1 heterocycles. The van der Waals surface area contributed by atoms with E-state index in [4.69, 9.17) is 4.74 Å². The summed E-state index contributed by atoms with van der Waals surface area (Å²) >= 11 is 0. The minimum absolute atomic E-state index is 0.0213. The third-order valence-electron chi connectivity index (χ3n) is 6.28. The Labute approximate surface area is 189 Å². The van der Waals surface area contributed by atoms with Crippen LogP contribution in [0.4, 0.5) is 5.69 Å². The molecule has 1 amide bonds. The molecule has 0 N–H and O–H groups in total. The van der Waals surface area contributed by atoms with Gasteiger partial charge in [-0.25, -0.2) is 0 Å². The highest BCUT2D eigenvalue weighted by Gasteiger charge is 2.33. The lowest BCUT2D eigenvalue weighted by Gasteiger charge is -2.35. The van der Waals surface area contributed by atoms with Crippen molar-refractivity contribution < 1.29 is 9.53 Å². The number of carbonyl (C=O) groups is 1. The van der Waals surface area contributed by atoms with E-state index in [1.54, 1.807) is 0 Å². The minimum Gasteiger partial charge on any atom is -0.494 e. The van der Waals surface area contributed by atoms with Crippen LogP contribution in [0.5, 0.6) is 5.75 Å². The number of ether oxygens (including phenoxy) is 1. The van der Waals surface area contributed by atoms with Gasteiger partial charge in [-0.15, -0.1) is 0 Å². The number of hydrogen-bond donors (Lipinski definition) is 0. The van der Waals surface area contributed by atoms with Crippen LogP contribution in [-0.2, 0) is 11.3 Å². The van der Waals surface area contributed by atoms with Gasteiger partial charge >= 0.3 is 0 Å². The van der Waals surface area contributed by atoms with Crippen LogP contribution in [0.1, 0.15) is 41.5 Å². The van der Waals surface area contributed by atoms with E-state index in [1.807, 2.05) is 24.0 Å². The lowest BCUT2D eigenvalue weighted by Crippen LogP contribution is -2.36. The average molecular weight is 422 g/mol. The first-order valence-corrected chi connectivity index (χ1v) is 11.2. The number of carbonyl (C=O) groups excluding carboxylic acids is 1. The summed E-state index contributed by atoms with van der Waals surface area (Å²) in [6, 6.07) is 29.3. The van der Waals surface area contributed by atoms with Gasteiger partial charge in [0.05, 0.1) is 13.2 Å². The molecule has 0 saturated heterocycles. The lowest BCUT2D eigenvalue weighted by atomic mass is 9.81. The maximum absolute atomic E-state index is 13.4. The van der Waals surface area contributed by atoms with E-state index >= 15 is 0 Å². The van der Waals surface area contributed by atoms with Crippen LogP contribution >= 0.6 is 0 Å². The van der Waals surface area contributed by atoms with Gasteiger partial charge in [-0.05, 0) is 59.5 Å². The van der Waals surface area contributed by atoms with E-state index in [-0.39, 0.29) is 11.8 Å². The minimum atomic E-state index is 0.0213. The van der Waals surface area contributed by atoms with Crippen molar-refractivity contribution in [2.24, 2.45) is 0 Å². The number of anilines is 1. The summed E-state index contributed by atoms with van der Waals surface area (Å²) in [4.78, 5) is 15.4. The van der Waals surface area contributed by atoms with E-state index in [1.165, 1.54) is 21.9 Å². The molecule has 4 aromatic rings. The number of hydrogen-bond acceptors (Lipinski definition) is 2. The van der Waals surface area contributed by atoms with Crippen molar-refractivity contribution in [3.8, 4) is 5.75 Å². The highest BCUT2D eigenvalue weighted by Crippen LogP contribution is 2.44. The molecule has 1 aliphatic heterocycles. The molecule has 3 heteroatoms. The van der Waals surface area contributed by atoms with Gasteiger partial charge in [0.25, 0.3) is 0 Å². The number of benzene rings is 4. The Balaban J connectivity index is 1.63. The molecule has 0 saturated carbocycles. The highest BCUT2D eigenvalue weighted by atomic mass is 16.5. The first-order chi connectivity index (χ1) is 15.6. The predicted octanol–water partition coefficient (Wildman–Crippen LogP) is 6.62. The zero-order valence-electron chi connectivity index (χ0n) is 18.5. The Bertz CT molecular complexity index is 1280. The summed E-state index contributed by atoms with van der Waals surface area (Å²) in [5.41, 5.74) is 5.75. The van der Waals surface area contributed by atoms with Crippen molar-refractivity contribution in [3.05, 3.63) is 107 Å². The van der Waals surface area contributed by atoms with Crippen LogP contribution in [0.2, 0.25) is 0 Å². The Kier molecular flexibility index (Phi) is 5.40. The smallest absolute Gasteiger partial charge is 0.228 e. The van der Waals surface area contributed by atoms with Gasteiger partial charge in [0.2, 0.25) is 5.91 Å². The second-order valence-electron chi connectivity index (χ2n) is 8.45. The molecule has 32 heavy (non-hydrogen) atoms. The van der Waals surface area contributed by atoms with E-state index in [2.05, 4.69) is 79.7 Å². The van der Waals surface area contributed by atoms with E-state index in [0.717, 1.165) is 22.6 Å². The topological polar surface area (TPSA) is 29.5 Å². The molecule has 1 unspecified atom stereocenters. The summed E-state index contributed by atoms with van der Waals surface area (Å²) in [6.07, 6.45) is 0.459. The number of nitrogens with zero attached hydrogens (tertiary/aromatic N) is 1. The SMILES string of the molecule is CCOc1ccc(C2CC(=O)N(Cc3cccc(C)c3)c3ccc4ccccc4c32)cc1. The molecule has 0 bridgehead atoms. The average Bonchev–Trinajstić information content (AvgIpc) is 2.81. The Hall–Kier alpha value is -3.59. The molecule has 1 aliphatic rings. The molecule has 3 nitrogen and oxygen atoms in total. The molecular formula is C29H27NO2. The monoisotopic (exact) mass is 421 g/mol. The Morgan fingerprint density at radius 3 is 2.53 bits per heavy atom. The molecule has 0 radical (unpaired) electrons. The van der Waals surface area contributed by atoms with Crippen molar-refractivity contribution in [2.45, 2.75) is 32.7 Å². The zero-order valence-corrected chi connectivity index (χ0v) is 18.5. The molecule has 0 aromatic heterocycles. The molecular weight excluding hydrogens is 394 g/mol. The molecule has 160 valence electrons. The van der Waals surface area contributed by atoms with Crippen molar-refractivity contribution in [2.75, 3.05) is 11.5 Å². The van der Waals surface area contributed by atoms with Gasteiger partial charge in [-0.1, -0.05) is 72.3 Å². The standard InChI is InChI=1S/C29H27NO2/c1-3-32-24-14-11-23(12-15-24)26-18-28(31)30(19-21-8-6-7-20(2)17-21)27-16-13-22-9-4-5-10-25(22)29(26)27/h4-17,26H,3,18-19H2,1-2H3. The van der Waals surface area contributed by atoms with Crippen LogP contribution in [-0.4, -0.2) is 12.5 Å². The van der Waals surface area contributed by atoms with Crippen LogP contribution in [0, 0.1) is 6.92 Å².